The number of hydrazone groups is 1. The van der Waals surface area contributed by atoms with Gasteiger partial charge in [0, 0.05) is 22.8 Å². The van der Waals surface area contributed by atoms with E-state index in [4.69, 9.17) is 16.3 Å². The lowest BCUT2D eigenvalue weighted by Gasteiger charge is -2.43. The van der Waals surface area contributed by atoms with Gasteiger partial charge in [-0.1, -0.05) is 17.7 Å². The van der Waals surface area contributed by atoms with Crippen molar-refractivity contribution in [1.29, 1.82) is 0 Å². The number of fused-ring (bicyclic) bond motifs is 1. The van der Waals surface area contributed by atoms with Crippen LogP contribution in [0.5, 0.6) is 5.75 Å². The molecule has 158 valence electrons. The first-order chi connectivity index (χ1) is 14.2. The quantitative estimate of drug-likeness (QED) is 0.511. The van der Waals surface area contributed by atoms with Gasteiger partial charge < -0.3 is 9.64 Å². The first-order valence-corrected chi connectivity index (χ1v) is 10.4. The number of carbonyl (C=O) groups is 1. The number of hydrogen-bond acceptors (Lipinski definition) is 4. The molecule has 3 rings (SSSR count). The molecule has 1 aliphatic heterocycles. The van der Waals surface area contributed by atoms with Crippen LogP contribution in [0.4, 0.5) is 5.69 Å². The molecule has 0 radical (unpaired) electrons. The number of rotatable bonds is 6. The summed E-state index contributed by atoms with van der Waals surface area (Å²) < 4.78 is 5.42. The molecular weight excluding hydrogens is 398 g/mol. The fourth-order valence-corrected chi connectivity index (χ4v) is 3.97. The molecule has 0 bridgehead atoms. The van der Waals surface area contributed by atoms with Crippen molar-refractivity contribution in [3.63, 3.8) is 0 Å². The lowest BCUT2D eigenvalue weighted by molar-refractivity contribution is -0.123. The highest BCUT2D eigenvalue weighted by Crippen LogP contribution is 2.39. The molecule has 1 aliphatic rings. The summed E-state index contributed by atoms with van der Waals surface area (Å²) >= 11 is 5.84. The summed E-state index contributed by atoms with van der Waals surface area (Å²) in [7, 11) is 0. The third-order valence-corrected chi connectivity index (χ3v) is 5.51. The van der Waals surface area contributed by atoms with E-state index < -0.39 is 0 Å². The maximum atomic E-state index is 12.0. The Labute approximate surface area is 183 Å². The van der Waals surface area contributed by atoms with Crippen LogP contribution in [-0.2, 0) is 4.79 Å². The van der Waals surface area contributed by atoms with Crippen LogP contribution in [0.2, 0.25) is 5.02 Å². The van der Waals surface area contributed by atoms with Crippen LogP contribution in [0.25, 0.3) is 5.57 Å². The van der Waals surface area contributed by atoms with Crippen molar-refractivity contribution in [1.82, 2.24) is 5.43 Å². The number of allylic oxidation sites excluding steroid dienone is 1. The minimum atomic E-state index is -0.327. The molecule has 6 heteroatoms. The smallest absolute Gasteiger partial charge is 0.277 e. The van der Waals surface area contributed by atoms with E-state index in [-0.39, 0.29) is 18.1 Å². The summed E-state index contributed by atoms with van der Waals surface area (Å²) in [6.07, 6.45) is 3.98. The lowest BCUT2D eigenvalue weighted by atomic mass is 9.87. The Morgan fingerprint density at radius 3 is 2.60 bits per heavy atom. The van der Waals surface area contributed by atoms with Crippen LogP contribution in [0, 0.1) is 6.92 Å². The van der Waals surface area contributed by atoms with E-state index in [9.17, 15) is 4.79 Å². The molecule has 1 heterocycles. The molecule has 0 saturated heterocycles. The van der Waals surface area contributed by atoms with Gasteiger partial charge in [-0.25, -0.2) is 5.43 Å². The Bertz CT molecular complexity index is 994. The minimum Gasteiger partial charge on any atom is -0.484 e. The van der Waals surface area contributed by atoms with Gasteiger partial charge in [0.2, 0.25) is 0 Å². The van der Waals surface area contributed by atoms with E-state index in [1.807, 2.05) is 0 Å². The van der Waals surface area contributed by atoms with Gasteiger partial charge in [0.25, 0.3) is 5.91 Å². The van der Waals surface area contributed by atoms with E-state index >= 15 is 0 Å². The molecule has 5 nitrogen and oxygen atoms in total. The van der Waals surface area contributed by atoms with Crippen molar-refractivity contribution in [2.24, 2.45) is 5.10 Å². The fourth-order valence-electron chi connectivity index (χ4n) is 3.85. The van der Waals surface area contributed by atoms with Crippen LogP contribution in [-0.4, -0.2) is 30.8 Å². The standard InChI is InChI=1S/C24H28ClN3O2/c1-6-28-22-11-16(2)18(12-21(22)17(3)13-24(28,4)5)14-26-27-23(29)15-30-20-9-7-19(25)8-10-20/h7-14H,6,15H2,1-5H3,(H,27,29)/b26-14+. The van der Waals surface area contributed by atoms with Gasteiger partial charge in [-0.15, -0.1) is 0 Å². The zero-order valence-corrected chi connectivity index (χ0v) is 18.9. The van der Waals surface area contributed by atoms with E-state index in [1.54, 1.807) is 30.5 Å². The summed E-state index contributed by atoms with van der Waals surface area (Å²) in [6, 6.07) is 11.2. The van der Waals surface area contributed by atoms with E-state index in [1.165, 1.54) is 16.8 Å². The Morgan fingerprint density at radius 2 is 1.93 bits per heavy atom. The van der Waals surface area contributed by atoms with Crippen LogP contribution in [0.3, 0.4) is 0 Å². The Morgan fingerprint density at radius 1 is 1.23 bits per heavy atom. The van der Waals surface area contributed by atoms with Gasteiger partial charge in [-0.2, -0.15) is 5.10 Å². The van der Waals surface area contributed by atoms with Crippen molar-refractivity contribution in [2.45, 2.75) is 40.2 Å². The number of nitrogens with zero attached hydrogens (tertiary/aromatic N) is 2. The molecule has 0 atom stereocenters. The topological polar surface area (TPSA) is 53.9 Å². The number of amides is 1. The summed E-state index contributed by atoms with van der Waals surface area (Å²) in [5.74, 6) is 0.251. The lowest BCUT2D eigenvalue weighted by Crippen LogP contribution is -2.45. The fraction of sp³-hybridized carbons (Fsp3) is 0.333. The second-order valence-corrected chi connectivity index (χ2v) is 8.42. The average Bonchev–Trinajstić information content (AvgIpc) is 2.68. The number of ether oxygens (including phenoxy) is 1. The number of nitrogens with one attached hydrogen (secondary N) is 1. The van der Waals surface area contributed by atoms with Crippen LogP contribution in [0.15, 0.2) is 47.6 Å². The van der Waals surface area contributed by atoms with Crippen molar-refractivity contribution in [2.75, 3.05) is 18.1 Å². The minimum absolute atomic E-state index is 0.0219. The zero-order chi connectivity index (χ0) is 21.9. The Kier molecular flexibility index (Phi) is 6.52. The maximum absolute atomic E-state index is 12.0. The van der Waals surface area contributed by atoms with Crippen molar-refractivity contribution in [3.8, 4) is 5.75 Å². The highest BCUT2D eigenvalue weighted by molar-refractivity contribution is 6.30. The van der Waals surface area contributed by atoms with E-state index in [2.05, 4.69) is 68.3 Å². The van der Waals surface area contributed by atoms with Crippen LogP contribution < -0.4 is 15.1 Å². The summed E-state index contributed by atoms with van der Waals surface area (Å²) in [5.41, 5.74) is 8.24. The average molecular weight is 426 g/mol. The first kappa shape index (κ1) is 21.9. The van der Waals surface area contributed by atoms with Gasteiger partial charge >= 0.3 is 0 Å². The van der Waals surface area contributed by atoms with E-state index in [0.29, 0.717) is 10.8 Å². The zero-order valence-electron chi connectivity index (χ0n) is 18.1. The van der Waals surface area contributed by atoms with Crippen molar-refractivity contribution in [3.05, 3.63) is 64.2 Å². The van der Waals surface area contributed by atoms with E-state index in [0.717, 1.165) is 17.7 Å². The second-order valence-electron chi connectivity index (χ2n) is 7.99. The molecule has 1 N–H and O–H groups in total. The monoisotopic (exact) mass is 425 g/mol. The molecule has 30 heavy (non-hydrogen) atoms. The third-order valence-electron chi connectivity index (χ3n) is 5.26. The molecule has 0 fully saturated rings. The molecule has 2 aromatic carbocycles. The van der Waals surface area contributed by atoms with Crippen LogP contribution in [0.1, 0.15) is 44.4 Å². The third kappa shape index (κ3) is 4.85. The molecule has 0 aromatic heterocycles. The van der Waals surface area contributed by atoms with Crippen molar-refractivity contribution < 1.29 is 9.53 Å². The van der Waals surface area contributed by atoms with Gasteiger partial charge in [0.1, 0.15) is 5.75 Å². The summed E-state index contributed by atoms with van der Waals surface area (Å²) in [4.78, 5) is 14.4. The largest absolute Gasteiger partial charge is 0.484 e. The number of benzene rings is 2. The number of aryl methyl sites for hydroxylation is 1. The highest BCUT2D eigenvalue weighted by atomic mass is 35.5. The summed E-state index contributed by atoms with van der Waals surface area (Å²) in [5, 5.41) is 4.73. The molecule has 0 spiro atoms. The Hall–Kier alpha value is -2.79. The summed E-state index contributed by atoms with van der Waals surface area (Å²) in [6.45, 7) is 11.6. The normalized spacial score (nSPS) is 15.0. The number of halogens is 1. The predicted molar refractivity (Wildman–Crippen MR) is 125 cm³/mol. The van der Waals surface area contributed by atoms with Gasteiger partial charge in [-0.05, 0) is 87.7 Å². The number of likely N-dealkylation sites (N-methyl/N-ethyl adjacent to an activating group) is 1. The molecule has 0 aliphatic carbocycles. The number of hydrogen-bond donors (Lipinski definition) is 1. The first-order valence-electron chi connectivity index (χ1n) is 10.0. The van der Waals surface area contributed by atoms with Gasteiger partial charge in [-0.3, -0.25) is 4.79 Å². The van der Waals surface area contributed by atoms with Crippen molar-refractivity contribution >= 4 is 35.0 Å². The molecule has 0 saturated carbocycles. The predicted octanol–water partition coefficient (Wildman–Crippen LogP) is 5.20. The molecule has 2 aromatic rings. The molecule has 1 amide bonds. The van der Waals surface area contributed by atoms with Gasteiger partial charge in [0.15, 0.2) is 6.61 Å². The number of anilines is 1. The highest BCUT2D eigenvalue weighted by Gasteiger charge is 2.30. The number of carbonyl (C=O) groups excluding carboxylic acids is 1. The maximum Gasteiger partial charge on any atom is 0.277 e. The van der Waals surface area contributed by atoms with Gasteiger partial charge in [0.05, 0.1) is 11.8 Å². The molecule has 0 unspecified atom stereocenters. The Balaban J connectivity index is 1.68. The van der Waals surface area contributed by atoms with Crippen LogP contribution >= 0.6 is 11.6 Å². The SMILES string of the molecule is CCN1c2cc(C)c(/C=N/NC(=O)COc3ccc(Cl)cc3)cc2C(C)=CC1(C)C. The second kappa shape index (κ2) is 8.92. The molecular formula is C24H28ClN3O2.